The van der Waals surface area contributed by atoms with Crippen LogP contribution in [0.5, 0.6) is 0 Å². The van der Waals surface area contributed by atoms with Crippen LogP contribution in [0, 0.1) is 0 Å². The van der Waals surface area contributed by atoms with Crippen LogP contribution < -0.4 is 5.73 Å². The second-order valence-corrected chi connectivity index (χ2v) is 3.03. The Balaban J connectivity index is 3.62. The molecular formula is C10H19NO. The molecule has 0 heterocycles. The van der Waals surface area contributed by atoms with Gasteiger partial charge >= 0.3 is 0 Å². The smallest absolute Gasteiger partial charge is 0.0614 e. The molecule has 0 bridgehead atoms. The number of hydrogen-bond donors (Lipinski definition) is 2. The molecule has 0 unspecified atom stereocenters. The molecule has 0 radical (unpaired) electrons. The van der Waals surface area contributed by atoms with Crippen LogP contribution in [0.1, 0.15) is 26.7 Å². The van der Waals surface area contributed by atoms with Crippen molar-refractivity contribution in [1.82, 2.24) is 0 Å². The zero-order valence-corrected chi connectivity index (χ0v) is 8.01. The van der Waals surface area contributed by atoms with Gasteiger partial charge in [-0.05, 0) is 26.7 Å². The molecule has 12 heavy (non-hydrogen) atoms. The molecule has 0 atom stereocenters. The lowest BCUT2D eigenvalue weighted by molar-refractivity contribution is 0.341. The van der Waals surface area contributed by atoms with E-state index in [9.17, 15) is 0 Å². The van der Waals surface area contributed by atoms with Crippen LogP contribution in [0.2, 0.25) is 0 Å². The molecule has 2 heteroatoms. The molecule has 0 fully saturated rings. The van der Waals surface area contributed by atoms with Gasteiger partial charge in [-0.2, -0.15) is 0 Å². The number of aliphatic hydroxyl groups is 1. The Hall–Kier alpha value is -0.600. The van der Waals surface area contributed by atoms with Gasteiger partial charge in [0.2, 0.25) is 0 Å². The van der Waals surface area contributed by atoms with E-state index in [0.29, 0.717) is 6.54 Å². The first-order valence-electron chi connectivity index (χ1n) is 4.33. The summed E-state index contributed by atoms with van der Waals surface area (Å²) in [6.45, 7) is 4.85. The van der Waals surface area contributed by atoms with Crippen LogP contribution in [0.25, 0.3) is 0 Å². The van der Waals surface area contributed by atoms with Crippen molar-refractivity contribution in [2.24, 2.45) is 5.73 Å². The molecule has 0 aliphatic rings. The zero-order chi connectivity index (χ0) is 9.40. The lowest BCUT2D eigenvalue weighted by atomic mass is 10.1. The van der Waals surface area contributed by atoms with Crippen LogP contribution in [-0.4, -0.2) is 18.3 Å². The summed E-state index contributed by atoms with van der Waals surface area (Å²) in [5.74, 6) is 0. The van der Waals surface area contributed by atoms with Crippen molar-refractivity contribution >= 4 is 0 Å². The molecule has 0 saturated heterocycles. The van der Waals surface area contributed by atoms with Gasteiger partial charge in [-0.15, -0.1) is 0 Å². The predicted molar refractivity (Wildman–Crippen MR) is 52.9 cm³/mol. The molecule has 70 valence electrons. The molecular weight excluding hydrogens is 150 g/mol. The Morgan fingerprint density at radius 2 is 1.92 bits per heavy atom. The van der Waals surface area contributed by atoms with Gasteiger partial charge in [-0.25, -0.2) is 0 Å². The first-order chi connectivity index (χ1) is 5.70. The van der Waals surface area contributed by atoms with Gasteiger partial charge in [0.05, 0.1) is 6.61 Å². The summed E-state index contributed by atoms with van der Waals surface area (Å²) in [5.41, 5.74) is 7.89. The minimum atomic E-state index is 0.144. The highest BCUT2D eigenvalue weighted by Crippen LogP contribution is 2.05. The summed E-state index contributed by atoms with van der Waals surface area (Å²) in [5, 5.41) is 8.58. The number of rotatable bonds is 5. The predicted octanol–water partition coefficient (Wildman–Crippen LogP) is 1.61. The van der Waals surface area contributed by atoms with E-state index in [2.05, 4.69) is 6.08 Å². The molecule has 0 amide bonds. The summed E-state index contributed by atoms with van der Waals surface area (Å²) in [7, 11) is 0. The second kappa shape index (κ2) is 7.07. The fourth-order valence-corrected chi connectivity index (χ4v) is 0.887. The molecule has 0 aliphatic carbocycles. The molecule has 0 aliphatic heterocycles. The zero-order valence-electron chi connectivity index (χ0n) is 8.01. The fraction of sp³-hybridized carbons (Fsp3) is 0.600. The van der Waals surface area contributed by atoms with Gasteiger partial charge < -0.3 is 10.8 Å². The Morgan fingerprint density at radius 3 is 2.42 bits per heavy atom. The Bertz CT molecular complexity index is 171. The van der Waals surface area contributed by atoms with Crippen LogP contribution >= 0.6 is 0 Å². The number of nitrogens with two attached hydrogens (primary N) is 1. The summed E-state index contributed by atoms with van der Waals surface area (Å²) in [6, 6.07) is 0. The van der Waals surface area contributed by atoms with E-state index in [4.69, 9.17) is 10.8 Å². The lowest BCUT2D eigenvalue weighted by Crippen LogP contribution is -1.99. The van der Waals surface area contributed by atoms with Crippen LogP contribution in [0.4, 0.5) is 0 Å². The molecule has 0 aromatic heterocycles. The van der Waals surface area contributed by atoms with Gasteiger partial charge in [0.1, 0.15) is 0 Å². The maximum atomic E-state index is 8.58. The maximum Gasteiger partial charge on any atom is 0.0614 e. The van der Waals surface area contributed by atoms with Crippen molar-refractivity contribution in [3.05, 3.63) is 23.3 Å². The first-order valence-corrected chi connectivity index (χ1v) is 4.33. The van der Waals surface area contributed by atoms with Crippen molar-refractivity contribution in [3.63, 3.8) is 0 Å². The van der Waals surface area contributed by atoms with E-state index in [0.717, 1.165) is 12.8 Å². The SMILES string of the molecule is CC(=CCC/C(C)=C/CO)CN. The standard InChI is InChI=1S/C10H19NO/c1-9(6-7-12)4-3-5-10(2)8-11/h5-6,12H,3-4,7-8,11H2,1-2H3/b9-6+,10-5?. The van der Waals surface area contributed by atoms with Crippen molar-refractivity contribution < 1.29 is 5.11 Å². The largest absolute Gasteiger partial charge is 0.392 e. The van der Waals surface area contributed by atoms with E-state index in [1.54, 1.807) is 0 Å². The summed E-state index contributed by atoms with van der Waals surface area (Å²) < 4.78 is 0. The highest BCUT2D eigenvalue weighted by atomic mass is 16.2. The normalized spacial score (nSPS) is 13.7. The van der Waals surface area contributed by atoms with Gasteiger partial charge in [0.25, 0.3) is 0 Å². The average Bonchev–Trinajstić information content (AvgIpc) is 2.04. The minimum absolute atomic E-state index is 0.144. The van der Waals surface area contributed by atoms with Crippen LogP contribution in [-0.2, 0) is 0 Å². The molecule has 0 rings (SSSR count). The van der Waals surface area contributed by atoms with Gasteiger partial charge in [-0.3, -0.25) is 0 Å². The first kappa shape index (κ1) is 11.4. The molecule has 0 saturated carbocycles. The lowest BCUT2D eigenvalue weighted by Gasteiger charge is -1.98. The van der Waals surface area contributed by atoms with E-state index in [1.807, 2.05) is 19.9 Å². The van der Waals surface area contributed by atoms with E-state index in [1.165, 1.54) is 11.1 Å². The average molecular weight is 169 g/mol. The third-order valence-corrected chi connectivity index (χ3v) is 1.79. The summed E-state index contributed by atoms with van der Waals surface area (Å²) in [4.78, 5) is 0. The molecule has 0 aromatic rings. The number of allylic oxidation sites excluding steroid dienone is 2. The highest BCUT2D eigenvalue weighted by molar-refractivity contribution is 5.04. The Morgan fingerprint density at radius 1 is 1.25 bits per heavy atom. The minimum Gasteiger partial charge on any atom is -0.392 e. The van der Waals surface area contributed by atoms with Gasteiger partial charge in [0.15, 0.2) is 0 Å². The van der Waals surface area contributed by atoms with Crippen LogP contribution in [0.15, 0.2) is 23.3 Å². The third kappa shape index (κ3) is 6.13. The van der Waals surface area contributed by atoms with E-state index in [-0.39, 0.29) is 6.61 Å². The second-order valence-electron chi connectivity index (χ2n) is 3.03. The maximum absolute atomic E-state index is 8.58. The van der Waals surface area contributed by atoms with Crippen molar-refractivity contribution in [2.75, 3.05) is 13.2 Å². The van der Waals surface area contributed by atoms with Gasteiger partial charge in [0, 0.05) is 6.54 Å². The Kier molecular flexibility index (Phi) is 6.72. The topological polar surface area (TPSA) is 46.2 Å². The van der Waals surface area contributed by atoms with Crippen molar-refractivity contribution in [1.29, 1.82) is 0 Å². The number of aliphatic hydroxyl groups excluding tert-OH is 1. The number of hydrogen-bond acceptors (Lipinski definition) is 2. The van der Waals surface area contributed by atoms with Gasteiger partial charge in [-0.1, -0.05) is 23.3 Å². The Labute approximate surface area is 74.8 Å². The summed E-state index contributed by atoms with van der Waals surface area (Å²) in [6.07, 6.45) is 6.02. The highest BCUT2D eigenvalue weighted by Gasteiger charge is 1.88. The van der Waals surface area contributed by atoms with Crippen molar-refractivity contribution in [3.8, 4) is 0 Å². The van der Waals surface area contributed by atoms with E-state index < -0.39 is 0 Å². The van der Waals surface area contributed by atoms with Crippen molar-refractivity contribution in [2.45, 2.75) is 26.7 Å². The molecule has 2 nitrogen and oxygen atoms in total. The fourth-order valence-electron chi connectivity index (χ4n) is 0.887. The monoisotopic (exact) mass is 169 g/mol. The van der Waals surface area contributed by atoms with Crippen LogP contribution in [0.3, 0.4) is 0 Å². The van der Waals surface area contributed by atoms with E-state index >= 15 is 0 Å². The quantitative estimate of drug-likeness (QED) is 0.614. The summed E-state index contributed by atoms with van der Waals surface area (Å²) >= 11 is 0. The molecule has 3 N–H and O–H groups in total. The third-order valence-electron chi connectivity index (χ3n) is 1.79. The molecule has 0 aromatic carbocycles. The molecule has 0 spiro atoms.